The first-order valence-electron chi connectivity index (χ1n) is 9.57. The summed E-state index contributed by atoms with van der Waals surface area (Å²) < 4.78 is 5.13. The van der Waals surface area contributed by atoms with Gasteiger partial charge in [0.1, 0.15) is 0 Å². The Morgan fingerprint density at radius 1 is 1.19 bits per heavy atom. The summed E-state index contributed by atoms with van der Waals surface area (Å²) in [6.45, 7) is 6.61. The fraction of sp³-hybridized carbons (Fsp3) is 0.409. The van der Waals surface area contributed by atoms with Gasteiger partial charge in [-0.2, -0.15) is 0 Å². The third-order valence-corrected chi connectivity index (χ3v) is 5.00. The van der Waals surface area contributed by atoms with E-state index in [1.54, 1.807) is 7.11 Å². The second-order valence-electron chi connectivity index (χ2n) is 7.23. The number of nitrogens with zero attached hydrogens (tertiary/aromatic N) is 1. The van der Waals surface area contributed by atoms with Crippen molar-refractivity contribution in [2.24, 2.45) is 5.92 Å². The van der Waals surface area contributed by atoms with Crippen molar-refractivity contribution in [2.45, 2.75) is 13.3 Å². The number of anilines is 1. The van der Waals surface area contributed by atoms with Gasteiger partial charge in [0.2, 0.25) is 0 Å². The molecule has 144 valence electrons. The lowest BCUT2D eigenvalue weighted by Gasteiger charge is -2.16. The van der Waals surface area contributed by atoms with Crippen molar-refractivity contribution in [3.63, 3.8) is 0 Å². The summed E-state index contributed by atoms with van der Waals surface area (Å²) in [6, 6.07) is 16.2. The average molecular weight is 367 g/mol. The van der Waals surface area contributed by atoms with Crippen molar-refractivity contribution in [2.75, 3.05) is 45.2 Å². The van der Waals surface area contributed by atoms with Gasteiger partial charge in [-0.05, 0) is 49.1 Å². The van der Waals surface area contributed by atoms with Gasteiger partial charge in [-0.15, -0.1) is 0 Å². The fourth-order valence-electron chi connectivity index (χ4n) is 3.52. The Kier molecular flexibility index (Phi) is 6.85. The summed E-state index contributed by atoms with van der Waals surface area (Å²) in [4.78, 5) is 14.7. The molecule has 3 rings (SSSR count). The van der Waals surface area contributed by atoms with Crippen molar-refractivity contribution in [1.82, 2.24) is 10.2 Å². The van der Waals surface area contributed by atoms with Crippen molar-refractivity contribution in [3.05, 3.63) is 54.1 Å². The number of methoxy groups -OCH3 is 1. The number of urea groups is 1. The van der Waals surface area contributed by atoms with Crippen molar-refractivity contribution in [3.8, 4) is 11.1 Å². The molecule has 0 unspecified atom stereocenters. The van der Waals surface area contributed by atoms with Crippen molar-refractivity contribution in [1.29, 1.82) is 0 Å². The van der Waals surface area contributed by atoms with Gasteiger partial charge in [-0.1, -0.05) is 42.0 Å². The summed E-state index contributed by atoms with van der Waals surface area (Å²) in [7, 11) is 1.73. The first-order chi connectivity index (χ1) is 13.1. The zero-order valence-corrected chi connectivity index (χ0v) is 16.2. The molecule has 0 radical (unpaired) electrons. The van der Waals surface area contributed by atoms with Crippen LogP contribution in [0.15, 0.2) is 48.5 Å². The average Bonchev–Trinajstić information content (AvgIpc) is 3.13. The van der Waals surface area contributed by atoms with Crippen LogP contribution in [-0.2, 0) is 4.74 Å². The number of benzene rings is 2. The lowest BCUT2D eigenvalue weighted by molar-refractivity contribution is 0.159. The molecule has 0 saturated carbocycles. The number of likely N-dealkylation sites (tertiary alicyclic amines) is 1. The van der Waals surface area contributed by atoms with Crippen LogP contribution in [0.1, 0.15) is 12.0 Å². The lowest BCUT2D eigenvalue weighted by atomic mass is 10.0. The number of nitrogens with one attached hydrogen (secondary N) is 2. The molecule has 0 aromatic heterocycles. The van der Waals surface area contributed by atoms with Crippen LogP contribution in [0, 0.1) is 12.8 Å². The van der Waals surface area contributed by atoms with E-state index < -0.39 is 0 Å². The van der Waals surface area contributed by atoms with E-state index in [-0.39, 0.29) is 6.03 Å². The number of amides is 2. The molecule has 0 bridgehead atoms. The quantitative estimate of drug-likeness (QED) is 0.784. The highest BCUT2D eigenvalue weighted by Gasteiger charge is 2.22. The van der Waals surface area contributed by atoms with Crippen LogP contribution in [0.3, 0.4) is 0 Å². The summed E-state index contributed by atoms with van der Waals surface area (Å²) >= 11 is 0. The standard InChI is InChI=1S/C22H29N3O2/c1-17-5-3-6-19(13-17)20-7-4-8-21(14-20)24-22(26)23-15-18-9-10-25(16-18)11-12-27-2/h3-8,13-14,18H,9-12,15-16H2,1-2H3,(H2,23,24,26)/t18-/m0/s1. The molecule has 2 N–H and O–H groups in total. The SMILES string of the molecule is COCCN1CC[C@@H](CNC(=O)Nc2cccc(-c3cccc(C)c3)c2)C1. The van der Waals surface area contributed by atoms with E-state index in [0.717, 1.165) is 49.5 Å². The second-order valence-corrected chi connectivity index (χ2v) is 7.23. The number of carbonyl (C=O) groups excluding carboxylic acids is 1. The normalized spacial score (nSPS) is 17.0. The van der Waals surface area contributed by atoms with Gasteiger partial charge in [-0.3, -0.25) is 0 Å². The van der Waals surface area contributed by atoms with Crippen molar-refractivity contribution >= 4 is 11.7 Å². The Balaban J connectivity index is 1.49. The molecule has 1 aliphatic heterocycles. The maximum absolute atomic E-state index is 12.3. The minimum absolute atomic E-state index is 0.147. The molecular weight excluding hydrogens is 338 g/mol. The number of hydrogen-bond donors (Lipinski definition) is 2. The molecule has 2 amide bonds. The van der Waals surface area contributed by atoms with Crippen LogP contribution in [0.4, 0.5) is 10.5 Å². The molecule has 27 heavy (non-hydrogen) atoms. The molecule has 1 aliphatic rings. The minimum Gasteiger partial charge on any atom is -0.383 e. The van der Waals surface area contributed by atoms with E-state index in [4.69, 9.17) is 4.74 Å². The van der Waals surface area contributed by atoms with Gasteiger partial charge in [0, 0.05) is 32.4 Å². The van der Waals surface area contributed by atoms with Crippen molar-refractivity contribution < 1.29 is 9.53 Å². The second kappa shape index (κ2) is 9.53. The topological polar surface area (TPSA) is 53.6 Å². The van der Waals surface area contributed by atoms with Crippen LogP contribution in [-0.4, -0.2) is 50.8 Å². The van der Waals surface area contributed by atoms with Gasteiger partial charge in [0.25, 0.3) is 0 Å². The molecule has 5 heteroatoms. The monoisotopic (exact) mass is 367 g/mol. The van der Waals surface area contributed by atoms with Crippen LogP contribution in [0.2, 0.25) is 0 Å². The maximum atomic E-state index is 12.3. The number of aryl methyl sites for hydroxylation is 1. The van der Waals surface area contributed by atoms with Gasteiger partial charge < -0.3 is 20.3 Å². The van der Waals surface area contributed by atoms with Gasteiger partial charge in [0.15, 0.2) is 0 Å². The first-order valence-corrected chi connectivity index (χ1v) is 9.57. The first kappa shape index (κ1) is 19.4. The molecule has 0 aliphatic carbocycles. The van der Waals surface area contributed by atoms with Gasteiger partial charge in [-0.25, -0.2) is 4.79 Å². The molecular formula is C22H29N3O2. The Morgan fingerprint density at radius 3 is 2.74 bits per heavy atom. The van der Waals surface area contributed by atoms with E-state index in [1.165, 1.54) is 5.56 Å². The smallest absolute Gasteiger partial charge is 0.319 e. The number of ether oxygens (including phenoxy) is 1. The Bertz CT molecular complexity index is 763. The van der Waals surface area contributed by atoms with Crippen LogP contribution >= 0.6 is 0 Å². The summed E-state index contributed by atoms with van der Waals surface area (Å²) in [5.74, 6) is 0.506. The van der Waals surface area contributed by atoms with E-state index in [0.29, 0.717) is 12.5 Å². The van der Waals surface area contributed by atoms with Crippen LogP contribution in [0.5, 0.6) is 0 Å². The fourth-order valence-corrected chi connectivity index (χ4v) is 3.52. The van der Waals surface area contributed by atoms with Gasteiger partial charge >= 0.3 is 6.03 Å². The molecule has 1 fully saturated rings. The molecule has 1 saturated heterocycles. The van der Waals surface area contributed by atoms with E-state index in [1.807, 2.05) is 18.2 Å². The third kappa shape index (κ3) is 5.81. The molecule has 1 atom stereocenters. The molecule has 0 spiro atoms. The molecule has 2 aromatic carbocycles. The maximum Gasteiger partial charge on any atom is 0.319 e. The highest BCUT2D eigenvalue weighted by Crippen LogP contribution is 2.23. The highest BCUT2D eigenvalue weighted by molar-refractivity contribution is 5.90. The van der Waals surface area contributed by atoms with Crippen LogP contribution < -0.4 is 10.6 Å². The molecule has 1 heterocycles. The Hall–Kier alpha value is -2.37. The van der Waals surface area contributed by atoms with E-state index >= 15 is 0 Å². The third-order valence-electron chi connectivity index (χ3n) is 5.00. The van der Waals surface area contributed by atoms with Gasteiger partial charge in [0.05, 0.1) is 6.61 Å². The minimum atomic E-state index is -0.147. The summed E-state index contributed by atoms with van der Waals surface area (Å²) in [5.41, 5.74) is 4.28. The molecule has 5 nitrogen and oxygen atoms in total. The summed E-state index contributed by atoms with van der Waals surface area (Å²) in [6.07, 6.45) is 1.12. The largest absolute Gasteiger partial charge is 0.383 e. The Morgan fingerprint density at radius 2 is 1.96 bits per heavy atom. The number of hydrogen-bond acceptors (Lipinski definition) is 3. The summed E-state index contributed by atoms with van der Waals surface area (Å²) in [5, 5.41) is 5.96. The van der Waals surface area contributed by atoms with E-state index in [2.05, 4.69) is 52.8 Å². The predicted molar refractivity (Wildman–Crippen MR) is 110 cm³/mol. The predicted octanol–water partition coefficient (Wildman–Crippen LogP) is 3.75. The lowest BCUT2D eigenvalue weighted by Crippen LogP contribution is -2.34. The van der Waals surface area contributed by atoms with E-state index in [9.17, 15) is 4.79 Å². The molecule has 2 aromatic rings. The van der Waals surface area contributed by atoms with Crippen LogP contribution in [0.25, 0.3) is 11.1 Å². The highest BCUT2D eigenvalue weighted by atomic mass is 16.5. The Labute approximate surface area is 161 Å². The number of rotatable bonds is 7. The zero-order chi connectivity index (χ0) is 19.1. The zero-order valence-electron chi connectivity index (χ0n) is 16.2. The number of carbonyl (C=O) groups is 1.